The molecule has 0 radical (unpaired) electrons. The summed E-state index contributed by atoms with van der Waals surface area (Å²) in [6.45, 7) is 5.92. The first kappa shape index (κ1) is 21.3. The van der Waals surface area contributed by atoms with Gasteiger partial charge in [-0.2, -0.15) is 10.1 Å². The van der Waals surface area contributed by atoms with Gasteiger partial charge in [-0.15, -0.1) is 0 Å². The number of nitrogen functional groups attached to an aromatic ring is 1. The quantitative estimate of drug-likeness (QED) is 0.448. The lowest BCUT2D eigenvalue weighted by molar-refractivity contribution is 0.330. The number of anilines is 2. The predicted molar refractivity (Wildman–Crippen MR) is 123 cm³/mol. The van der Waals surface area contributed by atoms with Crippen molar-refractivity contribution >= 4 is 22.8 Å². The molecule has 1 unspecified atom stereocenters. The molecule has 31 heavy (non-hydrogen) atoms. The van der Waals surface area contributed by atoms with E-state index in [9.17, 15) is 0 Å². The molecule has 1 aliphatic heterocycles. The largest absolute Gasteiger partial charge is 0.496 e. The summed E-state index contributed by atoms with van der Waals surface area (Å²) >= 11 is 0. The lowest BCUT2D eigenvalue weighted by atomic mass is 10.1. The number of benzene rings is 1. The Morgan fingerprint density at radius 2 is 2.00 bits per heavy atom. The van der Waals surface area contributed by atoms with Gasteiger partial charge in [0.15, 0.2) is 5.82 Å². The number of rotatable bonds is 9. The summed E-state index contributed by atoms with van der Waals surface area (Å²) in [5.74, 6) is 1.65. The number of nitrogens with one attached hydrogen (secondary N) is 1. The van der Waals surface area contributed by atoms with E-state index >= 15 is 0 Å². The van der Waals surface area contributed by atoms with E-state index in [1.54, 1.807) is 13.3 Å². The maximum atomic E-state index is 6.19. The molecule has 0 spiro atoms. The molecule has 3 heterocycles. The lowest BCUT2D eigenvalue weighted by Crippen LogP contribution is -2.30. The number of fused-ring (bicyclic) bond motifs is 1. The molecule has 9 nitrogen and oxygen atoms in total. The third kappa shape index (κ3) is 4.88. The van der Waals surface area contributed by atoms with Crippen molar-refractivity contribution in [1.29, 1.82) is 0 Å². The van der Waals surface area contributed by atoms with Crippen molar-refractivity contribution < 1.29 is 4.74 Å². The number of likely N-dealkylation sites (tertiary alicyclic amines) is 1. The van der Waals surface area contributed by atoms with Crippen LogP contribution in [0, 0.1) is 0 Å². The SMILES string of the molecule is CCCC(N)Nc1nc(N)nc2cnn(Cc3ccc(CN4CCCC4)cc3OC)c12. The summed E-state index contributed by atoms with van der Waals surface area (Å²) in [6, 6.07) is 6.42. The topological polar surface area (TPSA) is 120 Å². The van der Waals surface area contributed by atoms with E-state index in [1.165, 1.54) is 31.5 Å². The Morgan fingerprint density at radius 1 is 1.19 bits per heavy atom. The Hall–Kier alpha value is -2.91. The van der Waals surface area contributed by atoms with Crippen LogP contribution in [0.2, 0.25) is 0 Å². The van der Waals surface area contributed by atoms with Crippen LogP contribution in [0.15, 0.2) is 24.4 Å². The molecule has 2 aromatic heterocycles. The van der Waals surface area contributed by atoms with Gasteiger partial charge in [0.25, 0.3) is 0 Å². The van der Waals surface area contributed by atoms with Crippen LogP contribution in [0.4, 0.5) is 11.8 Å². The highest BCUT2D eigenvalue weighted by atomic mass is 16.5. The molecule has 1 fully saturated rings. The van der Waals surface area contributed by atoms with Gasteiger partial charge in [0.2, 0.25) is 5.95 Å². The maximum Gasteiger partial charge on any atom is 0.222 e. The minimum absolute atomic E-state index is 0.196. The van der Waals surface area contributed by atoms with Crippen molar-refractivity contribution in [1.82, 2.24) is 24.6 Å². The highest BCUT2D eigenvalue weighted by Crippen LogP contribution is 2.27. The van der Waals surface area contributed by atoms with Gasteiger partial charge in [0, 0.05) is 12.1 Å². The van der Waals surface area contributed by atoms with Gasteiger partial charge in [0.05, 0.1) is 26.0 Å². The van der Waals surface area contributed by atoms with Gasteiger partial charge < -0.3 is 21.5 Å². The fourth-order valence-electron chi connectivity index (χ4n) is 4.17. The molecule has 9 heteroatoms. The number of nitrogens with two attached hydrogens (primary N) is 2. The maximum absolute atomic E-state index is 6.19. The van der Waals surface area contributed by atoms with Crippen LogP contribution in [0.5, 0.6) is 5.75 Å². The molecule has 166 valence electrons. The zero-order valence-corrected chi connectivity index (χ0v) is 18.3. The Morgan fingerprint density at radius 3 is 2.74 bits per heavy atom. The number of methoxy groups -OCH3 is 1. The van der Waals surface area contributed by atoms with Crippen LogP contribution in [-0.4, -0.2) is 51.0 Å². The van der Waals surface area contributed by atoms with Crippen molar-refractivity contribution in [2.75, 3.05) is 31.2 Å². The summed E-state index contributed by atoms with van der Waals surface area (Å²) in [5, 5.41) is 7.81. The van der Waals surface area contributed by atoms with Gasteiger partial charge in [-0.05, 0) is 44.0 Å². The molecule has 1 saturated heterocycles. The van der Waals surface area contributed by atoms with Crippen molar-refractivity contribution in [3.63, 3.8) is 0 Å². The number of ether oxygens (including phenoxy) is 1. The van der Waals surface area contributed by atoms with E-state index in [0.29, 0.717) is 17.9 Å². The van der Waals surface area contributed by atoms with Crippen LogP contribution in [0.25, 0.3) is 11.0 Å². The van der Waals surface area contributed by atoms with Gasteiger partial charge in [-0.1, -0.05) is 25.5 Å². The van der Waals surface area contributed by atoms with Gasteiger partial charge >= 0.3 is 0 Å². The first-order valence-corrected chi connectivity index (χ1v) is 11.0. The van der Waals surface area contributed by atoms with E-state index in [4.69, 9.17) is 16.2 Å². The molecular formula is C22H32N8O. The smallest absolute Gasteiger partial charge is 0.222 e. The third-order valence-corrected chi connectivity index (χ3v) is 5.70. The van der Waals surface area contributed by atoms with E-state index in [0.717, 1.165) is 36.2 Å². The number of hydrogen-bond acceptors (Lipinski definition) is 8. The van der Waals surface area contributed by atoms with E-state index in [1.807, 2.05) is 4.68 Å². The van der Waals surface area contributed by atoms with Gasteiger partial charge in [-0.25, -0.2) is 4.98 Å². The molecule has 1 aromatic carbocycles. The Labute approximate surface area is 182 Å². The molecule has 0 saturated carbocycles. The number of aromatic nitrogens is 4. The molecule has 0 aliphatic carbocycles. The number of nitrogens with zero attached hydrogens (tertiary/aromatic N) is 5. The van der Waals surface area contributed by atoms with Crippen molar-refractivity contribution in [2.45, 2.75) is 51.9 Å². The molecule has 5 N–H and O–H groups in total. The molecule has 4 rings (SSSR count). The van der Waals surface area contributed by atoms with Crippen molar-refractivity contribution in [2.24, 2.45) is 5.73 Å². The second kappa shape index (κ2) is 9.49. The van der Waals surface area contributed by atoms with Crippen molar-refractivity contribution in [3.8, 4) is 5.75 Å². The standard InChI is InChI=1S/C22H32N8O/c1-3-6-19(23)27-21-20-17(26-22(24)28-21)12-25-30(20)14-16-8-7-15(11-18(16)31-2)13-29-9-4-5-10-29/h7-8,11-12,19H,3-6,9-10,13-14,23H2,1-2H3,(H3,24,26,27,28). The van der Waals surface area contributed by atoms with E-state index in [2.05, 4.69) is 50.4 Å². The van der Waals surface area contributed by atoms with Crippen LogP contribution >= 0.6 is 0 Å². The Balaban J connectivity index is 1.61. The second-order valence-corrected chi connectivity index (χ2v) is 8.14. The van der Waals surface area contributed by atoms with Crippen LogP contribution in [0.3, 0.4) is 0 Å². The highest BCUT2D eigenvalue weighted by molar-refractivity contribution is 5.86. The lowest BCUT2D eigenvalue weighted by Gasteiger charge is -2.17. The normalized spacial score (nSPS) is 15.5. The highest BCUT2D eigenvalue weighted by Gasteiger charge is 2.17. The van der Waals surface area contributed by atoms with Crippen LogP contribution < -0.4 is 21.5 Å². The molecule has 0 bridgehead atoms. The second-order valence-electron chi connectivity index (χ2n) is 8.14. The third-order valence-electron chi connectivity index (χ3n) is 5.70. The fourth-order valence-corrected chi connectivity index (χ4v) is 4.17. The van der Waals surface area contributed by atoms with Gasteiger partial charge in [0.1, 0.15) is 16.8 Å². The number of hydrogen-bond donors (Lipinski definition) is 3. The summed E-state index contributed by atoms with van der Waals surface area (Å²) in [5.41, 5.74) is 15.9. The first-order chi connectivity index (χ1) is 15.1. The zero-order chi connectivity index (χ0) is 21.8. The Kier molecular flexibility index (Phi) is 6.53. The van der Waals surface area contributed by atoms with Gasteiger partial charge in [-0.3, -0.25) is 9.58 Å². The zero-order valence-electron chi connectivity index (χ0n) is 18.3. The summed E-state index contributed by atoms with van der Waals surface area (Å²) in [4.78, 5) is 11.2. The summed E-state index contributed by atoms with van der Waals surface area (Å²) in [7, 11) is 1.71. The minimum atomic E-state index is -0.217. The molecule has 1 aliphatic rings. The Bertz CT molecular complexity index is 1030. The van der Waals surface area contributed by atoms with Crippen molar-refractivity contribution in [3.05, 3.63) is 35.5 Å². The fraction of sp³-hybridized carbons (Fsp3) is 0.500. The molecule has 0 amide bonds. The van der Waals surface area contributed by atoms with Crippen LogP contribution in [0.1, 0.15) is 43.7 Å². The van der Waals surface area contributed by atoms with E-state index in [-0.39, 0.29) is 12.1 Å². The average Bonchev–Trinajstić information content (AvgIpc) is 3.39. The summed E-state index contributed by atoms with van der Waals surface area (Å²) in [6.07, 6.45) is 5.85. The molecule has 3 aromatic rings. The summed E-state index contributed by atoms with van der Waals surface area (Å²) < 4.78 is 7.58. The van der Waals surface area contributed by atoms with Crippen LogP contribution in [-0.2, 0) is 13.1 Å². The minimum Gasteiger partial charge on any atom is -0.496 e. The molecular weight excluding hydrogens is 392 g/mol. The van der Waals surface area contributed by atoms with E-state index < -0.39 is 0 Å². The average molecular weight is 425 g/mol. The predicted octanol–water partition coefficient (Wildman–Crippen LogP) is 2.56. The monoisotopic (exact) mass is 424 g/mol. The molecule has 1 atom stereocenters. The first-order valence-electron chi connectivity index (χ1n) is 11.0.